The molecule has 1 aliphatic rings. The van der Waals surface area contributed by atoms with E-state index in [1.54, 1.807) is 37.5 Å². The number of β-amino-alcohol motifs (C(OH)–C–C–N with tert-alkyl or cyclic N) is 1. The van der Waals surface area contributed by atoms with Crippen LogP contribution < -0.4 is 4.74 Å². The molecule has 0 unspecified atom stereocenters. The zero-order valence-electron chi connectivity index (χ0n) is 18.7. The normalized spacial score (nSPS) is 16.3. The number of likely N-dealkylation sites (tertiary alicyclic amines) is 1. The lowest BCUT2D eigenvalue weighted by Gasteiger charge is -2.23. The molecule has 0 spiro atoms. The molecular formula is C27H32N2O3. The van der Waals surface area contributed by atoms with Gasteiger partial charge >= 0.3 is 0 Å². The van der Waals surface area contributed by atoms with Crippen LogP contribution in [-0.4, -0.2) is 53.2 Å². The predicted octanol–water partition coefficient (Wildman–Crippen LogP) is 4.78. The summed E-state index contributed by atoms with van der Waals surface area (Å²) in [7, 11) is 1.61. The third-order valence-corrected chi connectivity index (χ3v) is 6.18. The molecule has 1 N–H and O–H groups in total. The number of aliphatic hydroxyl groups is 1. The van der Waals surface area contributed by atoms with Gasteiger partial charge in [-0.05, 0) is 68.4 Å². The summed E-state index contributed by atoms with van der Waals surface area (Å²) in [6.45, 7) is 3.39. The number of aliphatic hydroxyl groups excluding tert-OH is 1. The number of methoxy groups -OCH3 is 1. The molecule has 1 aromatic heterocycles. The number of hydrogen-bond donors (Lipinski definition) is 1. The number of ether oxygens (including phenoxy) is 1. The van der Waals surface area contributed by atoms with Crippen molar-refractivity contribution in [2.75, 3.05) is 26.7 Å². The van der Waals surface area contributed by atoms with Crippen LogP contribution in [0, 0.1) is 0 Å². The molecule has 0 saturated carbocycles. The van der Waals surface area contributed by atoms with Crippen LogP contribution in [0.1, 0.15) is 41.6 Å². The van der Waals surface area contributed by atoms with Crippen molar-refractivity contribution < 1.29 is 14.6 Å². The molecule has 32 heavy (non-hydrogen) atoms. The molecule has 1 saturated heterocycles. The average Bonchev–Trinajstić information content (AvgIpc) is 2.97. The molecule has 0 amide bonds. The highest BCUT2D eigenvalue weighted by molar-refractivity contribution is 6.07. The van der Waals surface area contributed by atoms with Gasteiger partial charge in [-0.2, -0.15) is 0 Å². The lowest BCUT2D eigenvalue weighted by Crippen LogP contribution is -2.35. The first-order valence-electron chi connectivity index (χ1n) is 11.5. The van der Waals surface area contributed by atoms with Gasteiger partial charge < -0.3 is 19.3 Å². The Bertz CT molecular complexity index is 1060. The first kappa shape index (κ1) is 22.3. The van der Waals surface area contributed by atoms with Gasteiger partial charge in [0, 0.05) is 41.3 Å². The number of carbonyl (C=O) groups is 1. The van der Waals surface area contributed by atoms with Gasteiger partial charge in [0.15, 0.2) is 5.78 Å². The first-order valence-corrected chi connectivity index (χ1v) is 11.5. The first-order chi connectivity index (χ1) is 15.6. The Morgan fingerprint density at radius 1 is 1.03 bits per heavy atom. The van der Waals surface area contributed by atoms with Crippen molar-refractivity contribution in [3.8, 4) is 5.75 Å². The van der Waals surface area contributed by atoms with Crippen molar-refractivity contribution in [1.82, 2.24) is 9.47 Å². The molecule has 0 aliphatic carbocycles. The Hall–Kier alpha value is -2.89. The second kappa shape index (κ2) is 10.6. The van der Waals surface area contributed by atoms with Gasteiger partial charge in [-0.1, -0.05) is 31.0 Å². The lowest BCUT2D eigenvalue weighted by atomic mass is 10.1. The van der Waals surface area contributed by atoms with E-state index in [0.29, 0.717) is 18.7 Å². The highest BCUT2D eigenvalue weighted by atomic mass is 16.5. The van der Waals surface area contributed by atoms with E-state index in [4.69, 9.17) is 4.74 Å². The molecule has 4 rings (SSSR count). The van der Waals surface area contributed by atoms with Gasteiger partial charge in [-0.15, -0.1) is 0 Å². The Morgan fingerprint density at radius 3 is 2.47 bits per heavy atom. The van der Waals surface area contributed by atoms with Crippen molar-refractivity contribution in [2.24, 2.45) is 0 Å². The number of carbonyl (C=O) groups excluding carboxylic acids is 1. The van der Waals surface area contributed by atoms with Gasteiger partial charge in [-0.25, -0.2) is 0 Å². The molecule has 3 aromatic rings. The highest BCUT2D eigenvalue weighted by Crippen LogP contribution is 2.24. The molecule has 1 fully saturated rings. The number of ketones is 1. The van der Waals surface area contributed by atoms with Crippen molar-refractivity contribution in [2.45, 2.75) is 38.3 Å². The maximum absolute atomic E-state index is 12.6. The van der Waals surface area contributed by atoms with Crippen LogP contribution in [0.15, 0.2) is 60.8 Å². The minimum absolute atomic E-state index is 0.0503. The van der Waals surface area contributed by atoms with Crippen molar-refractivity contribution in [3.05, 3.63) is 71.9 Å². The number of rotatable bonds is 8. The molecule has 168 valence electrons. The number of hydrogen-bond acceptors (Lipinski definition) is 4. The number of nitrogens with zero attached hydrogens (tertiary/aromatic N) is 2. The second-order valence-electron chi connectivity index (χ2n) is 8.55. The molecule has 5 heteroatoms. The number of aromatic nitrogens is 1. The molecule has 0 bridgehead atoms. The van der Waals surface area contributed by atoms with Gasteiger partial charge in [0.1, 0.15) is 5.75 Å². The summed E-state index contributed by atoms with van der Waals surface area (Å²) in [6.07, 6.45) is 10.1. The van der Waals surface area contributed by atoms with Crippen LogP contribution in [0.25, 0.3) is 17.0 Å². The summed E-state index contributed by atoms with van der Waals surface area (Å²) in [5.41, 5.74) is 2.67. The van der Waals surface area contributed by atoms with Crippen molar-refractivity contribution in [3.63, 3.8) is 0 Å². The van der Waals surface area contributed by atoms with E-state index in [1.165, 1.54) is 25.7 Å². The molecule has 1 aliphatic heterocycles. The van der Waals surface area contributed by atoms with Gasteiger partial charge in [0.2, 0.25) is 0 Å². The number of benzene rings is 2. The van der Waals surface area contributed by atoms with Crippen LogP contribution in [0.5, 0.6) is 5.75 Å². The van der Waals surface area contributed by atoms with Crippen molar-refractivity contribution >= 4 is 22.8 Å². The minimum atomic E-state index is -0.429. The maximum atomic E-state index is 12.6. The zero-order valence-corrected chi connectivity index (χ0v) is 18.7. The smallest absolute Gasteiger partial charge is 0.185 e. The Balaban J connectivity index is 1.49. The Kier molecular flexibility index (Phi) is 7.40. The monoisotopic (exact) mass is 432 g/mol. The maximum Gasteiger partial charge on any atom is 0.185 e. The third kappa shape index (κ3) is 5.47. The molecule has 0 radical (unpaired) electrons. The molecule has 2 aromatic carbocycles. The van der Waals surface area contributed by atoms with Crippen LogP contribution in [0.2, 0.25) is 0 Å². The SMILES string of the molecule is COc1ccc(C(=O)/C=C/c2cn(C[C@@H](O)CN3CCCCCC3)c3ccccc23)cc1. The van der Waals surface area contributed by atoms with Gasteiger partial charge in [-0.3, -0.25) is 4.79 Å². The summed E-state index contributed by atoms with van der Waals surface area (Å²) in [5, 5.41) is 11.9. The number of fused-ring (bicyclic) bond motifs is 1. The molecule has 2 heterocycles. The largest absolute Gasteiger partial charge is 0.497 e. The summed E-state index contributed by atoms with van der Waals surface area (Å²) in [6, 6.07) is 15.3. The predicted molar refractivity (Wildman–Crippen MR) is 129 cm³/mol. The Morgan fingerprint density at radius 2 is 1.75 bits per heavy atom. The second-order valence-corrected chi connectivity index (χ2v) is 8.55. The number of allylic oxidation sites excluding steroid dienone is 1. The van der Waals surface area contributed by atoms with E-state index < -0.39 is 6.10 Å². The quantitative estimate of drug-likeness (QED) is 0.411. The van der Waals surface area contributed by atoms with E-state index >= 15 is 0 Å². The lowest BCUT2D eigenvalue weighted by molar-refractivity contribution is 0.101. The van der Waals surface area contributed by atoms with Crippen LogP contribution in [0.4, 0.5) is 0 Å². The summed E-state index contributed by atoms with van der Waals surface area (Å²) < 4.78 is 7.27. The van der Waals surface area contributed by atoms with E-state index in [9.17, 15) is 9.90 Å². The van der Waals surface area contributed by atoms with Gasteiger partial charge in [0.05, 0.1) is 13.2 Å². The van der Waals surface area contributed by atoms with Gasteiger partial charge in [0.25, 0.3) is 0 Å². The fraction of sp³-hybridized carbons (Fsp3) is 0.370. The summed E-state index contributed by atoms with van der Waals surface area (Å²) in [4.78, 5) is 15.0. The standard InChI is InChI=1S/C27H32N2O3/c1-32-24-13-10-21(11-14-24)27(31)15-12-22-18-29(26-9-5-4-8-25(22)26)20-23(30)19-28-16-6-2-3-7-17-28/h4-5,8-15,18,23,30H,2-3,6-7,16-17,19-20H2,1H3/b15-12+/t23-/m0/s1. The van der Waals surface area contributed by atoms with Crippen LogP contribution in [-0.2, 0) is 6.54 Å². The summed E-state index contributed by atoms with van der Waals surface area (Å²) in [5.74, 6) is 0.679. The zero-order chi connectivity index (χ0) is 22.3. The molecule has 1 atom stereocenters. The van der Waals surface area contributed by atoms with E-state index in [0.717, 1.165) is 35.3 Å². The average molecular weight is 433 g/mol. The minimum Gasteiger partial charge on any atom is -0.497 e. The van der Waals surface area contributed by atoms with Crippen molar-refractivity contribution in [1.29, 1.82) is 0 Å². The highest BCUT2D eigenvalue weighted by Gasteiger charge is 2.16. The third-order valence-electron chi connectivity index (χ3n) is 6.18. The fourth-order valence-electron chi connectivity index (χ4n) is 4.48. The van der Waals surface area contributed by atoms with Crippen LogP contribution >= 0.6 is 0 Å². The molecular weight excluding hydrogens is 400 g/mol. The van der Waals surface area contributed by atoms with Crippen LogP contribution in [0.3, 0.4) is 0 Å². The number of para-hydroxylation sites is 1. The van der Waals surface area contributed by atoms with E-state index in [-0.39, 0.29) is 5.78 Å². The summed E-state index contributed by atoms with van der Waals surface area (Å²) >= 11 is 0. The Labute approximate surface area is 189 Å². The molecule has 5 nitrogen and oxygen atoms in total. The van der Waals surface area contributed by atoms with E-state index in [1.807, 2.05) is 24.4 Å². The van der Waals surface area contributed by atoms with E-state index in [2.05, 4.69) is 21.6 Å². The fourth-order valence-corrected chi connectivity index (χ4v) is 4.48. The topological polar surface area (TPSA) is 54.7 Å².